The average molecular weight is 220 g/mol. The van der Waals surface area contributed by atoms with Crippen LogP contribution in [0.15, 0.2) is 53.1 Å². The van der Waals surface area contributed by atoms with Crippen LogP contribution in [-0.4, -0.2) is 4.98 Å². The molecule has 0 unspecified atom stereocenters. The zero-order chi connectivity index (χ0) is 11.7. The van der Waals surface area contributed by atoms with E-state index in [4.69, 9.17) is 9.68 Å². The molecule has 0 saturated carbocycles. The summed E-state index contributed by atoms with van der Waals surface area (Å²) in [7, 11) is 0. The molecule has 2 aromatic carbocycles. The maximum atomic E-state index is 8.66. The molecule has 0 radical (unpaired) electrons. The molecule has 3 heteroatoms. The van der Waals surface area contributed by atoms with E-state index in [1.165, 1.54) is 5.39 Å². The lowest BCUT2D eigenvalue weighted by atomic mass is 10.1. The topological polar surface area (TPSA) is 49.8 Å². The van der Waals surface area contributed by atoms with Crippen molar-refractivity contribution in [3.8, 4) is 17.4 Å². The van der Waals surface area contributed by atoms with E-state index in [1.807, 2.05) is 42.5 Å². The third-order valence-electron chi connectivity index (χ3n) is 2.64. The Labute approximate surface area is 97.9 Å². The molecular weight excluding hydrogens is 212 g/mol. The normalized spacial score (nSPS) is 10.3. The Morgan fingerprint density at radius 3 is 2.65 bits per heavy atom. The van der Waals surface area contributed by atoms with Crippen molar-refractivity contribution >= 4 is 10.8 Å². The Balaban J connectivity index is 2.15. The Morgan fingerprint density at radius 1 is 1.06 bits per heavy atom. The fraction of sp³-hybridized carbons (Fsp3) is 0. The molecule has 3 nitrogen and oxygen atoms in total. The molecule has 0 saturated heterocycles. The zero-order valence-corrected chi connectivity index (χ0v) is 8.92. The summed E-state index contributed by atoms with van der Waals surface area (Å²) in [5.41, 5.74) is 0.928. The van der Waals surface area contributed by atoms with Crippen LogP contribution in [0.4, 0.5) is 0 Å². The second-order valence-electron chi connectivity index (χ2n) is 3.70. The van der Waals surface area contributed by atoms with Crippen molar-refractivity contribution < 1.29 is 4.42 Å². The summed E-state index contributed by atoms with van der Waals surface area (Å²) in [6.45, 7) is 0. The average Bonchev–Trinajstić information content (AvgIpc) is 2.87. The first kappa shape index (κ1) is 9.61. The van der Waals surface area contributed by atoms with Gasteiger partial charge < -0.3 is 4.42 Å². The number of nitriles is 1. The Bertz CT molecular complexity index is 722. The summed E-state index contributed by atoms with van der Waals surface area (Å²) in [4.78, 5) is 3.86. The van der Waals surface area contributed by atoms with E-state index in [-0.39, 0.29) is 5.89 Å². The molecule has 0 N–H and O–H groups in total. The van der Waals surface area contributed by atoms with Gasteiger partial charge in [-0.1, -0.05) is 36.4 Å². The number of hydrogen-bond acceptors (Lipinski definition) is 3. The summed E-state index contributed by atoms with van der Waals surface area (Å²) in [5.74, 6) is 0.709. The molecule has 0 amide bonds. The predicted octanol–water partition coefficient (Wildman–Crippen LogP) is 3.37. The van der Waals surface area contributed by atoms with Gasteiger partial charge in [0.2, 0.25) is 0 Å². The summed E-state index contributed by atoms with van der Waals surface area (Å²) in [6, 6.07) is 16.0. The van der Waals surface area contributed by atoms with Gasteiger partial charge >= 0.3 is 5.89 Å². The van der Waals surface area contributed by atoms with E-state index >= 15 is 0 Å². The van der Waals surface area contributed by atoms with Crippen LogP contribution < -0.4 is 0 Å². The standard InChI is InChI=1S/C14H8N2O/c15-8-14-16-9-13(17-14)12-6-5-10-3-1-2-4-11(10)7-12/h1-7,9H. The SMILES string of the molecule is N#Cc1ncc(-c2ccc3ccccc3c2)o1. The molecule has 80 valence electrons. The lowest BCUT2D eigenvalue weighted by Gasteiger charge is -1.99. The summed E-state index contributed by atoms with van der Waals surface area (Å²) in [5, 5.41) is 11.0. The Morgan fingerprint density at radius 2 is 1.88 bits per heavy atom. The maximum absolute atomic E-state index is 8.66. The highest BCUT2D eigenvalue weighted by molar-refractivity contribution is 5.86. The van der Waals surface area contributed by atoms with Crippen LogP contribution in [0.5, 0.6) is 0 Å². The molecule has 3 rings (SSSR count). The van der Waals surface area contributed by atoms with E-state index in [1.54, 1.807) is 6.20 Å². The zero-order valence-electron chi connectivity index (χ0n) is 8.92. The molecule has 0 aliphatic carbocycles. The smallest absolute Gasteiger partial charge is 0.301 e. The molecule has 1 aromatic heterocycles. The summed E-state index contributed by atoms with van der Waals surface area (Å²) >= 11 is 0. The van der Waals surface area contributed by atoms with Crippen molar-refractivity contribution in [1.29, 1.82) is 5.26 Å². The van der Waals surface area contributed by atoms with Crippen LogP contribution in [0.2, 0.25) is 0 Å². The van der Waals surface area contributed by atoms with Gasteiger partial charge in [0.1, 0.15) is 0 Å². The first-order chi connectivity index (χ1) is 8.36. The van der Waals surface area contributed by atoms with Crippen LogP contribution >= 0.6 is 0 Å². The van der Waals surface area contributed by atoms with E-state index in [0.717, 1.165) is 10.9 Å². The third kappa shape index (κ3) is 1.66. The van der Waals surface area contributed by atoms with E-state index < -0.39 is 0 Å². The van der Waals surface area contributed by atoms with E-state index in [0.29, 0.717) is 5.76 Å². The quantitative estimate of drug-likeness (QED) is 0.631. The third-order valence-corrected chi connectivity index (χ3v) is 2.64. The van der Waals surface area contributed by atoms with Gasteiger partial charge in [0.25, 0.3) is 0 Å². The Kier molecular flexibility index (Phi) is 2.13. The highest BCUT2D eigenvalue weighted by Gasteiger charge is 2.05. The number of nitrogens with zero attached hydrogens (tertiary/aromatic N) is 2. The molecule has 0 aliphatic rings. The molecule has 0 bridgehead atoms. The van der Waals surface area contributed by atoms with Gasteiger partial charge in [0.05, 0.1) is 6.20 Å². The molecular formula is C14H8N2O. The van der Waals surface area contributed by atoms with Gasteiger partial charge in [-0.25, -0.2) is 4.98 Å². The van der Waals surface area contributed by atoms with Crippen molar-refractivity contribution in [3.05, 3.63) is 54.6 Å². The predicted molar refractivity (Wildman–Crippen MR) is 64.2 cm³/mol. The van der Waals surface area contributed by atoms with Crippen molar-refractivity contribution in [2.45, 2.75) is 0 Å². The minimum atomic E-state index is 0.0909. The number of rotatable bonds is 1. The van der Waals surface area contributed by atoms with Crippen LogP contribution in [0.3, 0.4) is 0 Å². The van der Waals surface area contributed by atoms with Gasteiger partial charge in [0.15, 0.2) is 11.8 Å². The highest BCUT2D eigenvalue weighted by Crippen LogP contribution is 2.24. The van der Waals surface area contributed by atoms with Gasteiger partial charge in [-0.3, -0.25) is 0 Å². The first-order valence-electron chi connectivity index (χ1n) is 5.22. The minimum absolute atomic E-state index is 0.0909. The molecule has 1 heterocycles. The monoisotopic (exact) mass is 220 g/mol. The lowest BCUT2D eigenvalue weighted by molar-refractivity contribution is 0.555. The van der Waals surface area contributed by atoms with Crippen LogP contribution in [0, 0.1) is 11.3 Å². The maximum Gasteiger partial charge on any atom is 0.301 e. The number of benzene rings is 2. The van der Waals surface area contributed by atoms with Gasteiger partial charge in [-0.2, -0.15) is 5.26 Å². The van der Waals surface area contributed by atoms with Crippen LogP contribution in [0.25, 0.3) is 22.1 Å². The van der Waals surface area contributed by atoms with E-state index in [9.17, 15) is 0 Å². The lowest BCUT2D eigenvalue weighted by Crippen LogP contribution is -1.76. The summed E-state index contributed by atoms with van der Waals surface area (Å²) in [6.07, 6.45) is 1.57. The van der Waals surface area contributed by atoms with Crippen LogP contribution in [-0.2, 0) is 0 Å². The molecule has 17 heavy (non-hydrogen) atoms. The fourth-order valence-electron chi connectivity index (χ4n) is 1.80. The number of oxazole rings is 1. The molecule has 0 atom stereocenters. The summed E-state index contributed by atoms with van der Waals surface area (Å²) < 4.78 is 5.30. The van der Waals surface area contributed by atoms with Crippen molar-refractivity contribution in [1.82, 2.24) is 4.98 Å². The largest absolute Gasteiger partial charge is 0.428 e. The van der Waals surface area contributed by atoms with Crippen molar-refractivity contribution in [2.24, 2.45) is 0 Å². The number of aromatic nitrogens is 1. The van der Waals surface area contributed by atoms with Gasteiger partial charge in [-0.15, -0.1) is 0 Å². The van der Waals surface area contributed by atoms with Crippen molar-refractivity contribution in [2.75, 3.05) is 0 Å². The second kappa shape index (κ2) is 3.76. The molecule has 0 fully saturated rings. The Hall–Kier alpha value is -2.60. The van der Waals surface area contributed by atoms with Gasteiger partial charge in [-0.05, 0) is 16.8 Å². The van der Waals surface area contributed by atoms with Crippen molar-refractivity contribution in [3.63, 3.8) is 0 Å². The minimum Gasteiger partial charge on any atom is -0.428 e. The van der Waals surface area contributed by atoms with Crippen LogP contribution in [0.1, 0.15) is 5.89 Å². The number of fused-ring (bicyclic) bond motifs is 1. The fourth-order valence-corrected chi connectivity index (χ4v) is 1.80. The first-order valence-corrected chi connectivity index (χ1v) is 5.22. The molecule has 3 aromatic rings. The molecule has 0 aliphatic heterocycles. The van der Waals surface area contributed by atoms with Gasteiger partial charge in [0, 0.05) is 5.56 Å². The molecule has 0 spiro atoms. The highest BCUT2D eigenvalue weighted by atomic mass is 16.4. The number of hydrogen-bond donors (Lipinski definition) is 0. The second-order valence-corrected chi connectivity index (χ2v) is 3.70. The van der Waals surface area contributed by atoms with E-state index in [2.05, 4.69) is 11.1 Å².